The van der Waals surface area contributed by atoms with Crippen molar-refractivity contribution in [1.29, 1.82) is 0 Å². The van der Waals surface area contributed by atoms with Crippen LogP contribution in [0.1, 0.15) is 48.5 Å². The summed E-state index contributed by atoms with van der Waals surface area (Å²) in [7, 11) is 0. The lowest BCUT2D eigenvalue weighted by Gasteiger charge is -2.48. The van der Waals surface area contributed by atoms with Gasteiger partial charge in [-0.1, -0.05) is 41.5 Å². The van der Waals surface area contributed by atoms with Crippen molar-refractivity contribution >= 4 is 11.9 Å². The molecule has 0 radical (unpaired) electrons. The maximum Gasteiger partial charge on any atom is 0.456 e. The Labute approximate surface area is 144 Å². The summed E-state index contributed by atoms with van der Waals surface area (Å²) in [6, 6.07) is 0. The second-order valence-electron chi connectivity index (χ2n) is 8.06. The fraction of sp³-hybridized carbons (Fsp3) is 0.875. The highest BCUT2D eigenvalue weighted by atomic mass is 19.4. The maximum atomic E-state index is 12.7. The third kappa shape index (κ3) is 5.28. The predicted molar refractivity (Wildman–Crippen MR) is 79.9 cm³/mol. The Kier molecular flexibility index (Phi) is 6.67. The van der Waals surface area contributed by atoms with Crippen molar-refractivity contribution in [3.05, 3.63) is 0 Å². The van der Waals surface area contributed by atoms with Crippen molar-refractivity contribution in [2.24, 2.45) is 16.2 Å². The molecule has 0 fully saturated rings. The molecule has 0 heterocycles. The van der Waals surface area contributed by atoms with Crippen LogP contribution in [0.25, 0.3) is 0 Å². The molecule has 0 saturated carbocycles. The Morgan fingerprint density at radius 1 is 0.760 bits per heavy atom. The van der Waals surface area contributed by atoms with Gasteiger partial charge in [0.05, 0.1) is 5.41 Å². The molecule has 0 aliphatic heterocycles. The van der Waals surface area contributed by atoms with Crippen molar-refractivity contribution in [3.8, 4) is 0 Å². The van der Waals surface area contributed by atoms with Gasteiger partial charge in [0, 0.05) is 0 Å². The molecule has 0 aliphatic rings. The summed E-state index contributed by atoms with van der Waals surface area (Å²) in [4.78, 5) is 23.8. The number of hydrogen-bond donors (Lipinski definition) is 0. The van der Waals surface area contributed by atoms with E-state index < -0.39 is 53.5 Å². The molecule has 0 unspecified atom stereocenters. The van der Waals surface area contributed by atoms with Crippen molar-refractivity contribution in [1.82, 2.24) is 0 Å². The summed E-state index contributed by atoms with van der Waals surface area (Å²) in [6.45, 7) is 9.19. The first-order valence-electron chi connectivity index (χ1n) is 7.55. The molecular weight excluding hydrogens is 351 g/mol. The van der Waals surface area contributed by atoms with E-state index in [4.69, 9.17) is 4.74 Å². The van der Waals surface area contributed by atoms with Crippen molar-refractivity contribution in [2.45, 2.75) is 60.6 Å². The maximum absolute atomic E-state index is 12.7. The molecule has 148 valence electrons. The fourth-order valence-electron chi connectivity index (χ4n) is 2.30. The summed E-state index contributed by atoms with van der Waals surface area (Å²) in [5.74, 6) is -7.42. The van der Waals surface area contributed by atoms with Crippen LogP contribution in [0, 0.1) is 16.2 Å². The second-order valence-corrected chi connectivity index (χ2v) is 8.06. The second kappa shape index (κ2) is 7.07. The van der Waals surface area contributed by atoms with Gasteiger partial charge in [-0.3, -0.25) is 4.79 Å². The summed E-state index contributed by atoms with van der Waals surface area (Å²) < 4.78 is 70.0. The number of ether oxygens (including phenoxy) is 2. The predicted octanol–water partition coefficient (Wildman–Crippen LogP) is 4.37. The molecule has 0 aromatic rings. The van der Waals surface area contributed by atoms with E-state index in [1.807, 2.05) is 0 Å². The van der Waals surface area contributed by atoms with Gasteiger partial charge in [-0.15, -0.1) is 0 Å². The Morgan fingerprint density at radius 2 is 1.16 bits per heavy atom. The third-order valence-corrected chi connectivity index (χ3v) is 4.56. The number of carbonyl (C=O) groups is 2. The van der Waals surface area contributed by atoms with Crippen molar-refractivity contribution in [3.63, 3.8) is 0 Å². The monoisotopic (exact) mass is 376 g/mol. The number of esters is 2. The average Bonchev–Trinajstić information content (AvgIpc) is 2.37. The highest BCUT2D eigenvalue weighted by Crippen LogP contribution is 2.52. The molecule has 9 heteroatoms. The fourth-order valence-corrected chi connectivity index (χ4v) is 2.30. The smallest absolute Gasteiger partial charge is 0.456 e. The quantitative estimate of drug-likeness (QED) is 0.528. The minimum atomic E-state index is -5.83. The van der Waals surface area contributed by atoms with Crippen LogP contribution < -0.4 is 0 Å². The van der Waals surface area contributed by atoms with Gasteiger partial charge >= 0.3 is 24.0 Å². The summed E-state index contributed by atoms with van der Waals surface area (Å²) in [6.07, 6.45) is -5.83. The van der Waals surface area contributed by atoms with Gasteiger partial charge in [0.2, 0.25) is 0 Å². The molecule has 0 spiro atoms. The van der Waals surface area contributed by atoms with Crippen LogP contribution in [0.3, 0.4) is 0 Å². The van der Waals surface area contributed by atoms with Gasteiger partial charge in [-0.25, -0.2) is 4.79 Å². The molecule has 0 bridgehead atoms. The van der Waals surface area contributed by atoms with E-state index in [2.05, 4.69) is 4.74 Å². The van der Waals surface area contributed by atoms with Crippen LogP contribution in [0.5, 0.6) is 0 Å². The molecule has 0 N–H and O–H groups in total. The van der Waals surface area contributed by atoms with E-state index in [0.29, 0.717) is 0 Å². The third-order valence-electron chi connectivity index (χ3n) is 4.56. The lowest BCUT2D eigenvalue weighted by Crippen LogP contribution is -2.51. The topological polar surface area (TPSA) is 52.6 Å². The molecule has 0 aliphatic carbocycles. The molecule has 0 rings (SSSR count). The van der Waals surface area contributed by atoms with Gasteiger partial charge in [0.15, 0.2) is 13.2 Å². The first kappa shape index (κ1) is 23.6. The number of rotatable bonds is 5. The van der Waals surface area contributed by atoms with Gasteiger partial charge < -0.3 is 9.47 Å². The van der Waals surface area contributed by atoms with Crippen LogP contribution in [-0.2, 0) is 19.1 Å². The molecular formula is C16H25F5O4. The Balaban J connectivity index is 4.92. The summed E-state index contributed by atoms with van der Waals surface area (Å²) in [5.41, 5.74) is -2.21. The van der Waals surface area contributed by atoms with E-state index in [1.165, 1.54) is 0 Å². The Morgan fingerprint density at radius 3 is 1.48 bits per heavy atom. The average molecular weight is 376 g/mol. The number of halogens is 5. The minimum absolute atomic E-state index is 0.574. The van der Waals surface area contributed by atoms with Crippen LogP contribution in [0.15, 0.2) is 0 Å². The molecule has 0 aromatic heterocycles. The van der Waals surface area contributed by atoms with E-state index in [9.17, 15) is 31.5 Å². The number of alkyl halides is 5. The van der Waals surface area contributed by atoms with Gasteiger partial charge in [-0.05, 0) is 17.8 Å². The SMILES string of the molecule is CC(C)(C)C(C)(C(=O)OCC(=O)OCC(F)(F)C(F)(F)F)C(C)(C)C. The number of hydrogen-bond acceptors (Lipinski definition) is 4. The van der Waals surface area contributed by atoms with Crippen LogP contribution in [0.2, 0.25) is 0 Å². The summed E-state index contributed by atoms with van der Waals surface area (Å²) >= 11 is 0. The van der Waals surface area contributed by atoms with Crippen LogP contribution in [0.4, 0.5) is 22.0 Å². The van der Waals surface area contributed by atoms with E-state index in [-0.39, 0.29) is 0 Å². The Hall–Kier alpha value is -1.41. The molecule has 0 atom stereocenters. The van der Waals surface area contributed by atoms with Gasteiger partial charge in [-0.2, -0.15) is 22.0 Å². The lowest BCUT2D eigenvalue weighted by molar-refractivity contribution is -0.294. The molecule has 4 nitrogen and oxygen atoms in total. The molecule has 0 aromatic carbocycles. The first-order chi connectivity index (χ1) is 10.8. The molecule has 0 saturated heterocycles. The van der Waals surface area contributed by atoms with E-state index >= 15 is 0 Å². The molecule has 0 amide bonds. The van der Waals surface area contributed by atoms with Gasteiger partial charge in [0.25, 0.3) is 0 Å². The zero-order valence-corrected chi connectivity index (χ0v) is 15.4. The van der Waals surface area contributed by atoms with E-state index in [0.717, 1.165) is 0 Å². The van der Waals surface area contributed by atoms with Crippen LogP contribution >= 0.6 is 0 Å². The van der Waals surface area contributed by atoms with Crippen molar-refractivity contribution < 1.29 is 41.0 Å². The van der Waals surface area contributed by atoms with E-state index in [1.54, 1.807) is 48.5 Å². The van der Waals surface area contributed by atoms with Crippen molar-refractivity contribution in [2.75, 3.05) is 13.2 Å². The number of carbonyl (C=O) groups excluding carboxylic acids is 2. The zero-order valence-electron chi connectivity index (χ0n) is 15.4. The lowest BCUT2D eigenvalue weighted by atomic mass is 9.55. The highest BCUT2D eigenvalue weighted by molar-refractivity contribution is 5.81. The molecule has 25 heavy (non-hydrogen) atoms. The highest BCUT2D eigenvalue weighted by Gasteiger charge is 2.58. The summed E-state index contributed by atoms with van der Waals surface area (Å²) in [5, 5.41) is 0. The largest absolute Gasteiger partial charge is 0.456 e. The minimum Gasteiger partial charge on any atom is -0.456 e. The van der Waals surface area contributed by atoms with Crippen LogP contribution in [-0.4, -0.2) is 37.3 Å². The first-order valence-corrected chi connectivity index (χ1v) is 7.55. The standard InChI is InChI=1S/C16H25F5O4/c1-12(2,3)14(7,13(4,5)6)11(23)24-8-10(22)25-9-15(17,18)16(19,20)21/h8-9H2,1-7H3. The Bertz CT molecular complexity index is 484. The van der Waals surface area contributed by atoms with Gasteiger partial charge in [0.1, 0.15) is 0 Å². The normalized spacial score (nSPS) is 14.2. The zero-order chi connectivity index (χ0) is 20.5.